The predicted octanol–water partition coefficient (Wildman–Crippen LogP) is 10.3. The Morgan fingerprint density at radius 1 is 0.561 bits per heavy atom. The Kier molecular flexibility index (Phi) is 9.51. The van der Waals surface area contributed by atoms with E-state index >= 15 is 0 Å². The zero-order valence-electron chi connectivity index (χ0n) is 24.4. The quantitative estimate of drug-likeness (QED) is 0.136. The molecule has 0 unspecified atom stereocenters. The fourth-order valence-electron chi connectivity index (χ4n) is 6.27. The molecule has 0 saturated heterocycles. The van der Waals surface area contributed by atoms with Gasteiger partial charge < -0.3 is 20.9 Å². The minimum Gasteiger partial charge on any atom is -0.457 e. The maximum absolute atomic E-state index is 6.10. The zero-order valence-corrected chi connectivity index (χ0v) is 24.4. The van der Waals surface area contributed by atoms with E-state index in [4.69, 9.17) is 20.9 Å². The third kappa shape index (κ3) is 7.43. The number of nitrogens with two attached hydrogens (primary N) is 2. The second kappa shape index (κ2) is 13.6. The Bertz CT molecular complexity index is 1250. The van der Waals surface area contributed by atoms with E-state index in [0.717, 1.165) is 53.1 Å². The van der Waals surface area contributed by atoms with Crippen molar-refractivity contribution in [2.24, 2.45) is 5.92 Å². The van der Waals surface area contributed by atoms with Crippen LogP contribution in [0.15, 0.2) is 97.1 Å². The Morgan fingerprint density at radius 3 is 1.37 bits per heavy atom. The van der Waals surface area contributed by atoms with Crippen LogP contribution in [0.25, 0.3) is 0 Å². The van der Waals surface area contributed by atoms with Crippen molar-refractivity contribution in [1.82, 2.24) is 0 Å². The van der Waals surface area contributed by atoms with Gasteiger partial charge in [0.25, 0.3) is 0 Å². The molecule has 1 fully saturated rings. The Labute approximate surface area is 245 Å². The monoisotopic (exact) mass is 548 g/mol. The molecule has 1 aliphatic carbocycles. The number of hydrogen-bond donors (Lipinski definition) is 2. The summed E-state index contributed by atoms with van der Waals surface area (Å²) < 4.78 is 12.2. The van der Waals surface area contributed by atoms with Gasteiger partial charge in [0, 0.05) is 16.8 Å². The summed E-state index contributed by atoms with van der Waals surface area (Å²) in [5.41, 5.74) is 15.8. The summed E-state index contributed by atoms with van der Waals surface area (Å²) in [5.74, 6) is 4.07. The number of unbranched alkanes of at least 4 members (excludes halogenated alkanes) is 4. The molecule has 0 aromatic heterocycles. The molecule has 0 spiro atoms. The molecule has 41 heavy (non-hydrogen) atoms. The van der Waals surface area contributed by atoms with Gasteiger partial charge in [0.05, 0.1) is 0 Å². The summed E-state index contributed by atoms with van der Waals surface area (Å²) in [5, 5.41) is 0. The molecular weight excluding hydrogens is 504 g/mol. The summed E-state index contributed by atoms with van der Waals surface area (Å²) in [7, 11) is 0. The van der Waals surface area contributed by atoms with E-state index in [1.807, 2.05) is 48.5 Å². The fourth-order valence-corrected chi connectivity index (χ4v) is 6.27. The summed E-state index contributed by atoms with van der Waals surface area (Å²) >= 11 is 0. The molecule has 1 saturated carbocycles. The lowest BCUT2D eigenvalue weighted by molar-refractivity contribution is 0.250. The van der Waals surface area contributed by atoms with Gasteiger partial charge in [-0.15, -0.1) is 0 Å². The third-order valence-corrected chi connectivity index (χ3v) is 8.72. The normalized spacial score (nSPS) is 15.0. The van der Waals surface area contributed by atoms with Crippen LogP contribution in [0.2, 0.25) is 0 Å². The van der Waals surface area contributed by atoms with Crippen molar-refractivity contribution in [3.63, 3.8) is 0 Å². The molecule has 0 aliphatic heterocycles. The fraction of sp³-hybridized carbons (Fsp3) is 0.351. The first-order chi connectivity index (χ1) is 20.0. The molecule has 5 rings (SSSR count). The Morgan fingerprint density at radius 2 is 0.951 bits per heavy atom. The molecule has 214 valence electrons. The van der Waals surface area contributed by atoms with Crippen LogP contribution in [-0.4, -0.2) is 0 Å². The van der Waals surface area contributed by atoms with Crippen molar-refractivity contribution in [3.8, 4) is 23.0 Å². The first-order valence-electron chi connectivity index (χ1n) is 15.3. The van der Waals surface area contributed by atoms with Gasteiger partial charge in [0.1, 0.15) is 23.0 Å². The standard InChI is InChI=1S/C37H44N2O2/c1-2-3-4-5-6-7-28-24-26-37(27-25-28,29-8-16-33(17-9-29)40-35-20-12-31(38)13-21-35)30-10-18-34(19-11-30)41-36-22-14-32(39)15-23-36/h8-23,28H,2-7,24-27,38-39H2,1H3. The highest BCUT2D eigenvalue weighted by Gasteiger charge is 2.38. The molecule has 0 radical (unpaired) electrons. The van der Waals surface area contributed by atoms with Crippen LogP contribution in [0.3, 0.4) is 0 Å². The van der Waals surface area contributed by atoms with E-state index < -0.39 is 0 Å². The number of benzene rings is 4. The van der Waals surface area contributed by atoms with Crippen LogP contribution < -0.4 is 20.9 Å². The van der Waals surface area contributed by atoms with Crippen LogP contribution in [0.4, 0.5) is 11.4 Å². The highest BCUT2D eigenvalue weighted by atomic mass is 16.5. The van der Waals surface area contributed by atoms with Gasteiger partial charge in [0.15, 0.2) is 0 Å². The molecule has 0 atom stereocenters. The Hall–Kier alpha value is -3.92. The van der Waals surface area contributed by atoms with Crippen LogP contribution >= 0.6 is 0 Å². The molecule has 0 heterocycles. The lowest BCUT2D eigenvalue weighted by Gasteiger charge is -2.41. The molecule has 0 amide bonds. The summed E-state index contributed by atoms with van der Waals surface area (Å²) in [6.07, 6.45) is 13.0. The van der Waals surface area contributed by atoms with Gasteiger partial charge in [-0.05, 0) is 116 Å². The molecular formula is C37H44N2O2. The number of rotatable bonds is 12. The highest BCUT2D eigenvalue weighted by Crippen LogP contribution is 2.48. The SMILES string of the molecule is CCCCCCCC1CCC(c2ccc(Oc3ccc(N)cc3)cc2)(c2ccc(Oc3ccc(N)cc3)cc2)CC1. The third-order valence-electron chi connectivity index (χ3n) is 8.72. The van der Waals surface area contributed by atoms with Gasteiger partial charge >= 0.3 is 0 Å². The van der Waals surface area contributed by atoms with Gasteiger partial charge in [0.2, 0.25) is 0 Å². The van der Waals surface area contributed by atoms with E-state index in [1.54, 1.807) is 0 Å². The van der Waals surface area contributed by atoms with Crippen molar-refractivity contribution < 1.29 is 9.47 Å². The maximum atomic E-state index is 6.10. The lowest BCUT2D eigenvalue weighted by atomic mass is 9.62. The second-order valence-electron chi connectivity index (χ2n) is 11.6. The lowest BCUT2D eigenvalue weighted by Crippen LogP contribution is -2.33. The van der Waals surface area contributed by atoms with E-state index in [9.17, 15) is 0 Å². The summed E-state index contributed by atoms with van der Waals surface area (Å²) in [4.78, 5) is 0. The molecule has 1 aliphatic rings. The summed E-state index contributed by atoms with van der Waals surface area (Å²) in [6, 6.07) is 32.5. The number of nitrogen functional groups attached to an aromatic ring is 2. The topological polar surface area (TPSA) is 70.5 Å². The van der Waals surface area contributed by atoms with Crippen molar-refractivity contribution in [2.75, 3.05) is 11.5 Å². The minimum atomic E-state index is -0.0157. The molecule has 0 bridgehead atoms. The second-order valence-corrected chi connectivity index (χ2v) is 11.6. The molecule has 4 aromatic carbocycles. The number of anilines is 2. The minimum absolute atomic E-state index is 0.0157. The first kappa shape index (κ1) is 28.6. The van der Waals surface area contributed by atoms with Gasteiger partial charge in [-0.25, -0.2) is 0 Å². The van der Waals surface area contributed by atoms with Gasteiger partial charge in [-0.3, -0.25) is 0 Å². The smallest absolute Gasteiger partial charge is 0.127 e. The van der Waals surface area contributed by atoms with E-state index in [-0.39, 0.29) is 5.41 Å². The zero-order chi connectivity index (χ0) is 28.5. The van der Waals surface area contributed by atoms with Gasteiger partial charge in [-0.1, -0.05) is 69.7 Å². The Balaban J connectivity index is 1.33. The van der Waals surface area contributed by atoms with E-state index in [1.165, 1.54) is 62.5 Å². The van der Waals surface area contributed by atoms with Crippen molar-refractivity contribution in [3.05, 3.63) is 108 Å². The molecule has 4 heteroatoms. The van der Waals surface area contributed by atoms with Crippen LogP contribution in [-0.2, 0) is 5.41 Å². The van der Waals surface area contributed by atoms with Crippen LogP contribution in [0.5, 0.6) is 23.0 Å². The maximum Gasteiger partial charge on any atom is 0.127 e. The van der Waals surface area contributed by atoms with Crippen molar-refractivity contribution in [1.29, 1.82) is 0 Å². The van der Waals surface area contributed by atoms with Gasteiger partial charge in [-0.2, -0.15) is 0 Å². The first-order valence-corrected chi connectivity index (χ1v) is 15.3. The number of hydrogen-bond acceptors (Lipinski definition) is 4. The average Bonchev–Trinajstić information content (AvgIpc) is 3.01. The number of ether oxygens (including phenoxy) is 2. The van der Waals surface area contributed by atoms with E-state index in [2.05, 4.69) is 55.5 Å². The molecule has 4 aromatic rings. The van der Waals surface area contributed by atoms with Crippen molar-refractivity contribution in [2.45, 2.75) is 76.5 Å². The molecule has 4 N–H and O–H groups in total. The van der Waals surface area contributed by atoms with E-state index in [0.29, 0.717) is 0 Å². The highest BCUT2D eigenvalue weighted by molar-refractivity contribution is 5.47. The molecule has 4 nitrogen and oxygen atoms in total. The van der Waals surface area contributed by atoms with Crippen LogP contribution in [0, 0.1) is 5.92 Å². The predicted molar refractivity (Wildman–Crippen MR) is 171 cm³/mol. The van der Waals surface area contributed by atoms with Crippen molar-refractivity contribution >= 4 is 11.4 Å². The largest absolute Gasteiger partial charge is 0.457 e. The van der Waals surface area contributed by atoms with Crippen LogP contribution in [0.1, 0.15) is 82.3 Å². The average molecular weight is 549 g/mol. The summed E-state index contributed by atoms with van der Waals surface area (Å²) in [6.45, 7) is 2.29.